The summed E-state index contributed by atoms with van der Waals surface area (Å²) < 4.78 is 0. The summed E-state index contributed by atoms with van der Waals surface area (Å²) in [6.45, 7) is 9.99. The van der Waals surface area contributed by atoms with Crippen LogP contribution in [0.5, 0.6) is 0 Å². The fourth-order valence-corrected chi connectivity index (χ4v) is 1.71. The van der Waals surface area contributed by atoms with E-state index in [-0.39, 0.29) is 17.9 Å². The second-order valence-corrected chi connectivity index (χ2v) is 4.23. The van der Waals surface area contributed by atoms with Crippen LogP contribution in [0.4, 0.5) is 0 Å². The van der Waals surface area contributed by atoms with Crippen molar-refractivity contribution in [3.05, 3.63) is 48.6 Å². The van der Waals surface area contributed by atoms with Gasteiger partial charge in [0.15, 0.2) is 0 Å². The van der Waals surface area contributed by atoms with Crippen molar-refractivity contribution < 1.29 is 9.63 Å². The summed E-state index contributed by atoms with van der Waals surface area (Å²) in [5.41, 5.74) is 0.730. The first-order valence-electron chi connectivity index (χ1n) is 5.70. The first-order valence-corrected chi connectivity index (χ1v) is 5.70. The minimum Gasteiger partial charge on any atom is -0.363 e. The Balaban J connectivity index is 0.00000289. The third-order valence-electron chi connectivity index (χ3n) is 2.76. The molecule has 0 aliphatic carbocycles. The van der Waals surface area contributed by atoms with Gasteiger partial charge in [-0.05, 0) is 26.3 Å². The fraction of sp³-hybridized carbons (Fsp3) is 0.357. The molecule has 0 aliphatic rings. The van der Waals surface area contributed by atoms with E-state index in [4.69, 9.17) is 4.84 Å². The highest BCUT2D eigenvalue weighted by molar-refractivity contribution is 5.85. The molecule has 100 valence electrons. The summed E-state index contributed by atoms with van der Waals surface area (Å²) in [5.74, 6) is -0.434. The second-order valence-electron chi connectivity index (χ2n) is 4.23. The van der Waals surface area contributed by atoms with Crippen LogP contribution in [0.15, 0.2) is 43.0 Å². The number of nitrogens with zero attached hydrogens (tertiary/aromatic N) is 1. The van der Waals surface area contributed by atoms with Crippen LogP contribution >= 0.6 is 12.4 Å². The van der Waals surface area contributed by atoms with Gasteiger partial charge in [-0.1, -0.05) is 36.9 Å². The Morgan fingerprint density at radius 1 is 1.39 bits per heavy atom. The lowest BCUT2D eigenvalue weighted by molar-refractivity contribution is -0.212. The molecule has 0 aliphatic heterocycles. The highest BCUT2D eigenvalue weighted by Crippen LogP contribution is 2.27. The lowest BCUT2D eigenvalue weighted by Gasteiger charge is -2.35. The van der Waals surface area contributed by atoms with E-state index in [1.807, 2.05) is 51.1 Å². The molecule has 0 unspecified atom stereocenters. The molecule has 0 spiro atoms. The molecular weight excluding hydrogens is 250 g/mol. The van der Waals surface area contributed by atoms with Crippen molar-refractivity contribution >= 4 is 18.4 Å². The molecule has 0 fully saturated rings. The topological polar surface area (TPSA) is 29.5 Å². The highest BCUT2D eigenvalue weighted by Gasteiger charge is 2.30. The van der Waals surface area contributed by atoms with Gasteiger partial charge in [0.05, 0.1) is 5.54 Å². The fourth-order valence-electron chi connectivity index (χ4n) is 1.71. The standard InChI is InChI=1S/C14H19NO2.ClH/c1-5-13(16)17-15(6-2)14(3,4)12-10-8-7-9-11-12;/h5,7-11H,1,6H2,2-4H3;1H. The van der Waals surface area contributed by atoms with Gasteiger partial charge in [0.2, 0.25) is 0 Å². The van der Waals surface area contributed by atoms with Gasteiger partial charge in [0.25, 0.3) is 0 Å². The molecule has 1 aromatic rings. The predicted octanol–water partition coefficient (Wildman–Crippen LogP) is 3.31. The first-order chi connectivity index (χ1) is 8.02. The highest BCUT2D eigenvalue weighted by atomic mass is 35.5. The molecule has 0 N–H and O–H groups in total. The van der Waals surface area contributed by atoms with E-state index >= 15 is 0 Å². The predicted molar refractivity (Wildman–Crippen MR) is 75.4 cm³/mol. The Bertz CT molecular complexity index is 390. The summed E-state index contributed by atoms with van der Waals surface area (Å²) in [4.78, 5) is 16.5. The smallest absolute Gasteiger partial charge is 0.349 e. The summed E-state index contributed by atoms with van der Waals surface area (Å²) in [7, 11) is 0. The number of carbonyl (C=O) groups is 1. The Morgan fingerprint density at radius 2 is 1.94 bits per heavy atom. The van der Waals surface area contributed by atoms with Crippen LogP contribution in [0.25, 0.3) is 0 Å². The zero-order chi connectivity index (χ0) is 12.9. The Morgan fingerprint density at radius 3 is 2.39 bits per heavy atom. The molecule has 3 nitrogen and oxygen atoms in total. The maximum atomic E-state index is 11.3. The van der Waals surface area contributed by atoms with Gasteiger partial charge in [0, 0.05) is 12.6 Å². The molecular formula is C14H20ClNO2. The molecule has 0 bridgehead atoms. The molecule has 1 rings (SSSR count). The number of hydroxylamine groups is 2. The van der Waals surface area contributed by atoms with Crippen LogP contribution in [0.2, 0.25) is 0 Å². The zero-order valence-electron chi connectivity index (χ0n) is 11.1. The van der Waals surface area contributed by atoms with E-state index in [1.54, 1.807) is 5.06 Å². The Kier molecular flexibility index (Phi) is 6.66. The number of hydrogen-bond donors (Lipinski definition) is 0. The second kappa shape index (κ2) is 7.19. The molecule has 1 aromatic carbocycles. The van der Waals surface area contributed by atoms with Crippen LogP contribution in [0.3, 0.4) is 0 Å². The van der Waals surface area contributed by atoms with E-state index in [9.17, 15) is 4.79 Å². The van der Waals surface area contributed by atoms with Gasteiger partial charge >= 0.3 is 5.97 Å². The van der Waals surface area contributed by atoms with E-state index < -0.39 is 5.97 Å². The maximum absolute atomic E-state index is 11.3. The molecule has 0 atom stereocenters. The minimum absolute atomic E-state index is 0. The van der Waals surface area contributed by atoms with E-state index in [1.165, 1.54) is 6.08 Å². The van der Waals surface area contributed by atoms with E-state index in [0.717, 1.165) is 5.56 Å². The first kappa shape index (κ1) is 16.7. The molecule has 0 aromatic heterocycles. The quantitative estimate of drug-likeness (QED) is 0.607. The molecule has 4 heteroatoms. The average Bonchev–Trinajstić information content (AvgIpc) is 2.36. The third kappa shape index (κ3) is 3.86. The normalized spacial score (nSPS) is 10.7. The summed E-state index contributed by atoms with van der Waals surface area (Å²) in [6, 6.07) is 9.95. The van der Waals surface area contributed by atoms with Crippen molar-refractivity contribution in [2.24, 2.45) is 0 Å². The van der Waals surface area contributed by atoms with Crippen molar-refractivity contribution in [1.82, 2.24) is 5.06 Å². The number of hydrogen-bond acceptors (Lipinski definition) is 3. The van der Waals surface area contributed by atoms with Crippen molar-refractivity contribution in [3.63, 3.8) is 0 Å². The largest absolute Gasteiger partial charge is 0.363 e. The number of benzene rings is 1. The van der Waals surface area contributed by atoms with Crippen LogP contribution in [-0.4, -0.2) is 17.6 Å². The summed E-state index contributed by atoms with van der Waals surface area (Å²) >= 11 is 0. The van der Waals surface area contributed by atoms with Crippen molar-refractivity contribution in [3.8, 4) is 0 Å². The Labute approximate surface area is 115 Å². The van der Waals surface area contributed by atoms with Crippen molar-refractivity contribution in [2.75, 3.05) is 6.54 Å². The summed E-state index contributed by atoms with van der Waals surface area (Å²) in [6.07, 6.45) is 1.17. The SMILES string of the molecule is C=CC(=O)ON(CC)C(C)(C)c1ccccc1.Cl. The van der Waals surface area contributed by atoms with Gasteiger partial charge in [-0.2, -0.15) is 0 Å². The Hall–Kier alpha value is -1.32. The summed E-state index contributed by atoms with van der Waals surface area (Å²) in [5, 5.41) is 1.66. The molecule has 0 amide bonds. The number of rotatable bonds is 5. The van der Waals surface area contributed by atoms with Crippen molar-refractivity contribution in [1.29, 1.82) is 0 Å². The maximum Gasteiger partial charge on any atom is 0.349 e. The van der Waals surface area contributed by atoms with Crippen LogP contribution < -0.4 is 0 Å². The molecule has 0 heterocycles. The van der Waals surface area contributed by atoms with Crippen LogP contribution in [-0.2, 0) is 15.2 Å². The molecule has 0 saturated carbocycles. The van der Waals surface area contributed by atoms with E-state index in [0.29, 0.717) is 6.54 Å². The van der Waals surface area contributed by atoms with Gasteiger partial charge in [-0.3, -0.25) is 0 Å². The van der Waals surface area contributed by atoms with E-state index in [2.05, 4.69) is 6.58 Å². The third-order valence-corrected chi connectivity index (χ3v) is 2.76. The number of halogens is 1. The van der Waals surface area contributed by atoms with Crippen LogP contribution in [0.1, 0.15) is 26.3 Å². The molecule has 18 heavy (non-hydrogen) atoms. The number of carbonyl (C=O) groups excluding carboxylic acids is 1. The van der Waals surface area contributed by atoms with Gasteiger partial charge in [-0.15, -0.1) is 17.5 Å². The lowest BCUT2D eigenvalue weighted by Crippen LogP contribution is -2.42. The zero-order valence-corrected chi connectivity index (χ0v) is 11.9. The molecule has 0 radical (unpaired) electrons. The van der Waals surface area contributed by atoms with Gasteiger partial charge in [-0.25, -0.2) is 4.79 Å². The molecule has 0 saturated heterocycles. The minimum atomic E-state index is -0.434. The monoisotopic (exact) mass is 269 g/mol. The van der Waals surface area contributed by atoms with Crippen LogP contribution in [0, 0.1) is 0 Å². The average molecular weight is 270 g/mol. The lowest BCUT2D eigenvalue weighted by atomic mass is 9.94. The van der Waals surface area contributed by atoms with Crippen molar-refractivity contribution in [2.45, 2.75) is 26.3 Å². The van der Waals surface area contributed by atoms with Gasteiger partial charge in [0.1, 0.15) is 0 Å². The van der Waals surface area contributed by atoms with Gasteiger partial charge < -0.3 is 4.84 Å².